The van der Waals surface area contributed by atoms with Crippen LogP contribution in [0.3, 0.4) is 0 Å². The molecule has 2 aromatic rings. The highest BCUT2D eigenvalue weighted by Crippen LogP contribution is 2.46. The molecule has 1 aromatic carbocycles. The Labute approximate surface area is 106 Å². The molecule has 2 N–H and O–H groups in total. The van der Waals surface area contributed by atoms with Crippen molar-refractivity contribution in [2.45, 2.75) is 18.4 Å². The summed E-state index contributed by atoms with van der Waals surface area (Å²) in [6, 6.07) is 14.2. The first-order chi connectivity index (χ1) is 8.77. The molecule has 0 radical (unpaired) electrons. The molecule has 1 atom stereocenters. The van der Waals surface area contributed by atoms with Gasteiger partial charge >= 0.3 is 0 Å². The average Bonchev–Trinajstić information content (AvgIpc) is 2.69. The molecule has 3 nitrogen and oxygen atoms in total. The fourth-order valence-electron chi connectivity index (χ4n) is 2.73. The van der Waals surface area contributed by atoms with Crippen molar-refractivity contribution in [2.75, 3.05) is 0 Å². The van der Waals surface area contributed by atoms with Gasteiger partial charge in [0.05, 0.1) is 17.3 Å². The first kappa shape index (κ1) is 10.9. The van der Waals surface area contributed by atoms with E-state index < -0.39 is 5.54 Å². The van der Waals surface area contributed by atoms with Gasteiger partial charge in [-0.3, -0.25) is 4.98 Å². The maximum absolute atomic E-state index is 8.82. The molecular formula is C15H13N3. The predicted octanol–water partition coefficient (Wildman–Crippen LogP) is 2.57. The quantitative estimate of drug-likeness (QED) is 0.870. The fourth-order valence-corrected chi connectivity index (χ4v) is 2.73. The molecule has 18 heavy (non-hydrogen) atoms. The van der Waals surface area contributed by atoms with E-state index in [0.29, 0.717) is 12.8 Å². The van der Waals surface area contributed by atoms with Crippen LogP contribution in [0.15, 0.2) is 42.6 Å². The minimum atomic E-state index is -0.573. The van der Waals surface area contributed by atoms with Crippen LogP contribution in [0.5, 0.6) is 0 Å². The van der Waals surface area contributed by atoms with E-state index >= 15 is 0 Å². The number of benzene rings is 1. The standard InChI is InChI=1S/C15H13N3/c16-9-4-8-15(17)12-6-2-1-5-11(12)14-13(15)7-3-10-18-14/h1-3,5-7,10H,4,8,17H2. The number of nitrogens with two attached hydrogens (primary N) is 1. The van der Waals surface area contributed by atoms with Gasteiger partial charge in [0.25, 0.3) is 0 Å². The first-order valence-corrected chi connectivity index (χ1v) is 5.98. The van der Waals surface area contributed by atoms with Gasteiger partial charge in [0.2, 0.25) is 0 Å². The van der Waals surface area contributed by atoms with Crippen LogP contribution in [0.2, 0.25) is 0 Å². The first-order valence-electron chi connectivity index (χ1n) is 5.98. The van der Waals surface area contributed by atoms with E-state index in [9.17, 15) is 0 Å². The molecule has 0 saturated heterocycles. The zero-order chi connectivity index (χ0) is 12.6. The van der Waals surface area contributed by atoms with Crippen LogP contribution in [-0.2, 0) is 5.54 Å². The molecule has 1 aliphatic rings. The predicted molar refractivity (Wildman–Crippen MR) is 69.5 cm³/mol. The van der Waals surface area contributed by atoms with Crippen molar-refractivity contribution in [2.24, 2.45) is 5.73 Å². The van der Waals surface area contributed by atoms with Gasteiger partial charge in [-0.15, -0.1) is 0 Å². The second-order valence-electron chi connectivity index (χ2n) is 4.57. The van der Waals surface area contributed by atoms with Crippen LogP contribution in [0.1, 0.15) is 24.0 Å². The van der Waals surface area contributed by atoms with E-state index in [0.717, 1.165) is 22.4 Å². The second kappa shape index (κ2) is 3.94. The van der Waals surface area contributed by atoms with Crippen molar-refractivity contribution < 1.29 is 0 Å². The lowest BCUT2D eigenvalue weighted by molar-refractivity contribution is 0.511. The summed E-state index contributed by atoms with van der Waals surface area (Å²) in [5.41, 5.74) is 10.2. The zero-order valence-corrected chi connectivity index (χ0v) is 9.93. The van der Waals surface area contributed by atoms with Crippen LogP contribution in [0.4, 0.5) is 0 Å². The third-order valence-electron chi connectivity index (χ3n) is 3.58. The number of hydrogen-bond acceptors (Lipinski definition) is 3. The molecule has 1 aliphatic carbocycles. The van der Waals surface area contributed by atoms with Crippen LogP contribution in [-0.4, -0.2) is 4.98 Å². The summed E-state index contributed by atoms with van der Waals surface area (Å²) in [7, 11) is 0. The normalized spacial score (nSPS) is 20.0. The Bertz CT molecular complexity index is 595. The van der Waals surface area contributed by atoms with Crippen LogP contribution < -0.4 is 5.73 Å². The van der Waals surface area contributed by atoms with Crippen LogP contribution in [0, 0.1) is 11.3 Å². The molecule has 0 amide bonds. The van der Waals surface area contributed by atoms with Gasteiger partial charge in [0.1, 0.15) is 0 Å². The maximum atomic E-state index is 8.82. The topological polar surface area (TPSA) is 62.7 Å². The van der Waals surface area contributed by atoms with Crippen molar-refractivity contribution in [3.8, 4) is 17.3 Å². The number of nitriles is 1. The molecule has 1 aromatic heterocycles. The summed E-state index contributed by atoms with van der Waals surface area (Å²) in [4.78, 5) is 4.44. The van der Waals surface area contributed by atoms with Gasteiger partial charge in [-0.2, -0.15) is 5.26 Å². The molecule has 3 heteroatoms. The lowest BCUT2D eigenvalue weighted by atomic mass is 9.85. The molecule has 0 saturated carbocycles. The minimum absolute atomic E-state index is 0.444. The zero-order valence-electron chi connectivity index (χ0n) is 9.93. The fraction of sp³-hybridized carbons (Fsp3) is 0.200. The SMILES string of the molecule is N#CCCC1(N)c2ccccc2-c2ncccc21. The Morgan fingerprint density at radius 3 is 2.78 bits per heavy atom. The third kappa shape index (κ3) is 1.36. The van der Waals surface area contributed by atoms with Gasteiger partial charge in [-0.25, -0.2) is 0 Å². The number of nitrogens with zero attached hydrogens (tertiary/aromatic N) is 2. The van der Waals surface area contributed by atoms with Crippen molar-refractivity contribution in [1.29, 1.82) is 5.26 Å². The molecule has 0 spiro atoms. The number of pyridine rings is 1. The lowest BCUT2D eigenvalue weighted by Gasteiger charge is -2.25. The number of fused-ring (bicyclic) bond motifs is 3. The van der Waals surface area contributed by atoms with Crippen molar-refractivity contribution in [3.63, 3.8) is 0 Å². The third-order valence-corrected chi connectivity index (χ3v) is 3.58. The lowest BCUT2D eigenvalue weighted by Crippen LogP contribution is -2.35. The van der Waals surface area contributed by atoms with E-state index in [-0.39, 0.29) is 0 Å². The summed E-state index contributed by atoms with van der Waals surface area (Å²) in [6.45, 7) is 0. The average molecular weight is 235 g/mol. The molecule has 1 heterocycles. The number of rotatable bonds is 2. The van der Waals surface area contributed by atoms with Gasteiger partial charge in [0.15, 0.2) is 0 Å². The molecule has 1 unspecified atom stereocenters. The highest BCUT2D eigenvalue weighted by molar-refractivity contribution is 5.77. The molecule has 88 valence electrons. The van der Waals surface area contributed by atoms with Crippen LogP contribution in [0.25, 0.3) is 11.3 Å². The summed E-state index contributed by atoms with van der Waals surface area (Å²) in [5, 5.41) is 8.82. The monoisotopic (exact) mass is 235 g/mol. The smallest absolute Gasteiger partial charge is 0.0759 e. The summed E-state index contributed by atoms with van der Waals surface area (Å²) in [6.07, 6.45) is 2.85. The maximum Gasteiger partial charge on any atom is 0.0759 e. The van der Waals surface area contributed by atoms with Gasteiger partial charge < -0.3 is 5.73 Å². The van der Waals surface area contributed by atoms with Gasteiger partial charge in [-0.1, -0.05) is 30.3 Å². The number of hydrogen-bond donors (Lipinski definition) is 1. The second-order valence-corrected chi connectivity index (χ2v) is 4.57. The van der Waals surface area contributed by atoms with Crippen LogP contribution >= 0.6 is 0 Å². The highest BCUT2D eigenvalue weighted by Gasteiger charge is 2.39. The van der Waals surface area contributed by atoms with Crippen molar-refractivity contribution >= 4 is 0 Å². The Morgan fingerprint density at radius 1 is 1.17 bits per heavy atom. The van der Waals surface area contributed by atoms with E-state index in [1.54, 1.807) is 6.20 Å². The Kier molecular flexibility index (Phi) is 2.39. The summed E-state index contributed by atoms with van der Waals surface area (Å²) >= 11 is 0. The Morgan fingerprint density at radius 2 is 1.94 bits per heavy atom. The molecular weight excluding hydrogens is 222 g/mol. The van der Waals surface area contributed by atoms with Crippen molar-refractivity contribution in [3.05, 3.63) is 53.7 Å². The molecule has 3 rings (SSSR count). The number of aromatic nitrogens is 1. The largest absolute Gasteiger partial charge is 0.318 e. The summed E-state index contributed by atoms with van der Waals surface area (Å²) in [5.74, 6) is 0. The minimum Gasteiger partial charge on any atom is -0.318 e. The highest BCUT2D eigenvalue weighted by atomic mass is 14.8. The molecule has 0 aliphatic heterocycles. The van der Waals surface area contributed by atoms with E-state index in [1.807, 2.05) is 36.4 Å². The van der Waals surface area contributed by atoms with E-state index in [4.69, 9.17) is 11.0 Å². The molecule has 0 bridgehead atoms. The van der Waals surface area contributed by atoms with Crippen molar-refractivity contribution in [1.82, 2.24) is 4.98 Å². The Balaban J connectivity index is 2.24. The van der Waals surface area contributed by atoms with E-state index in [1.165, 1.54) is 0 Å². The van der Waals surface area contributed by atoms with Gasteiger partial charge in [-0.05, 0) is 18.1 Å². The van der Waals surface area contributed by atoms with E-state index in [2.05, 4.69) is 11.1 Å². The van der Waals surface area contributed by atoms with Gasteiger partial charge in [0, 0.05) is 23.7 Å². The Hall–Kier alpha value is -2.18. The summed E-state index contributed by atoms with van der Waals surface area (Å²) < 4.78 is 0. The molecule has 0 fully saturated rings.